The Balaban J connectivity index is 2.20. The molecule has 1 aromatic heterocycles. The molecule has 1 heterocycles. The minimum absolute atomic E-state index is 0.0118. The van der Waals surface area contributed by atoms with Crippen molar-refractivity contribution in [1.29, 1.82) is 0 Å². The third kappa shape index (κ3) is 3.31. The fourth-order valence-electron chi connectivity index (χ4n) is 1.93. The van der Waals surface area contributed by atoms with Crippen LogP contribution >= 0.6 is 11.5 Å². The Morgan fingerprint density at radius 1 is 1.25 bits per heavy atom. The number of nitrogens with zero attached hydrogens (tertiary/aromatic N) is 2. The predicted molar refractivity (Wildman–Crippen MR) is 82.7 cm³/mol. The number of hydrogen-bond acceptors (Lipinski definition) is 4. The molecule has 3 nitrogen and oxygen atoms in total. The molecule has 0 amide bonds. The van der Waals surface area contributed by atoms with E-state index in [-0.39, 0.29) is 17.1 Å². The zero-order valence-electron chi connectivity index (χ0n) is 12.4. The van der Waals surface area contributed by atoms with Crippen LogP contribution in [-0.2, 0) is 11.2 Å². The second-order valence-corrected chi connectivity index (χ2v) is 6.98. The smallest absolute Gasteiger partial charge is 0.141 e. The molecular weight excluding hydrogens is 268 g/mol. The van der Waals surface area contributed by atoms with Gasteiger partial charge in [-0.05, 0) is 16.9 Å². The molecule has 0 aliphatic rings. The summed E-state index contributed by atoms with van der Waals surface area (Å²) in [6, 6.07) is 9.90. The van der Waals surface area contributed by atoms with E-state index < -0.39 is 0 Å². The lowest BCUT2D eigenvalue weighted by Gasteiger charge is -2.25. The standard InChI is InChI=1S/C16H20N2OS/c1-11(16(2,3)4)13(19)10-14-15(17-18-20-14)12-8-6-5-7-9-12/h5-9,11H,10H2,1-4H3/t11-/m1/s1. The van der Waals surface area contributed by atoms with Gasteiger partial charge in [0.2, 0.25) is 0 Å². The molecule has 2 aromatic rings. The van der Waals surface area contributed by atoms with Crippen molar-refractivity contribution in [1.82, 2.24) is 9.59 Å². The lowest BCUT2D eigenvalue weighted by atomic mass is 9.78. The Hall–Kier alpha value is -1.55. The first kappa shape index (κ1) is 14.9. The minimum Gasteiger partial charge on any atom is -0.299 e. The van der Waals surface area contributed by atoms with Crippen LogP contribution in [0.3, 0.4) is 0 Å². The summed E-state index contributed by atoms with van der Waals surface area (Å²) >= 11 is 1.32. The highest BCUT2D eigenvalue weighted by molar-refractivity contribution is 7.06. The fraction of sp³-hybridized carbons (Fsp3) is 0.438. The third-order valence-electron chi connectivity index (χ3n) is 3.72. The van der Waals surface area contributed by atoms with Crippen molar-refractivity contribution in [2.24, 2.45) is 11.3 Å². The molecule has 106 valence electrons. The second kappa shape index (κ2) is 5.83. The van der Waals surface area contributed by atoms with Gasteiger partial charge in [0, 0.05) is 17.9 Å². The van der Waals surface area contributed by atoms with Gasteiger partial charge in [-0.25, -0.2) is 0 Å². The van der Waals surface area contributed by atoms with Crippen LogP contribution in [0.1, 0.15) is 32.6 Å². The number of carbonyl (C=O) groups is 1. The molecule has 0 spiro atoms. The molecule has 2 rings (SSSR count). The molecule has 0 bridgehead atoms. The zero-order valence-corrected chi connectivity index (χ0v) is 13.2. The van der Waals surface area contributed by atoms with E-state index in [1.54, 1.807) is 0 Å². The molecule has 1 atom stereocenters. The molecule has 0 fully saturated rings. The van der Waals surface area contributed by atoms with Crippen LogP contribution < -0.4 is 0 Å². The summed E-state index contributed by atoms with van der Waals surface area (Å²) in [5.74, 6) is 0.272. The maximum atomic E-state index is 12.4. The van der Waals surface area contributed by atoms with Crippen molar-refractivity contribution in [3.8, 4) is 11.3 Å². The lowest BCUT2D eigenvalue weighted by molar-refractivity contribution is -0.124. The van der Waals surface area contributed by atoms with Crippen LogP contribution in [0.25, 0.3) is 11.3 Å². The van der Waals surface area contributed by atoms with Crippen molar-refractivity contribution in [3.05, 3.63) is 35.2 Å². The van der Waals surface area contributed by atoms with Gasteiger partial charge < -0.3 is 0 Å². The molecule has 0 saturated heterocycles. The van der Waals surface area contributed by atoms with E-state index in [4.69, 9.17) is 0 Å². The zero-order chi connectivity index (χ0) is 14.8. The summed E-state index contributed by atoms with van der Waals surface area (Å²) in [7, 11) is 0. The highest BCUT2D eigenvalue weighted by Gasteiger charge is 2.27. The number of Topliss-reactive ketones (excluding diaryl/α,β-unsaturated/α-hetero) is 1. The Kier molecular flexibility index (Phi) is 4.33. The molecule has 0 unspecified atom stereocenters. The van der Waals surface area contributed by atoms with Crippen molar-refractivity contribution in [3.63, 3.8) is 0 Å². The Bertz CT molecular complexity index is 584. The lowest BCUT2D eigenvalue weighted by Crippen LogP contribution is -2.27. The van der Waals surface area contributed by atoms with E-state index in [0.717, 1.165) is 16.1 Å². The van der Waals surface area contributed by atoms with Gasteiger partial charge in [-0.2, -0.15) is 0 Å². The Labute approximate surface area is 124 Å². The molecule has 1 aromatic carbocycles. The van der Waals surface area contributed by atoms with Gasteiger partial charge in [0.15, 0.2) is 0 Å². The van der Waals surface area contributed by atoms with E-state index in [9.17, 15) is 4.79 Å². The number of aromatic nitrogens is 2. The summed E-state index contributed by atoms with van der Waals surface area (Å²) in [4.78, 5) is 13.3. The summed E-state index contributed by atoms with van der Waals surface area (Å²) in [6.45, 7) is 8.29. The van der Waals surface area contributed by atoms with Crippen molar-refractivity contribution >= 4 is 17.3 Å². The molecule has 4 heteroatoms. The monoisotopic (exact) mass is 288 g/mol. The fourth-order valence-corrected chi connectivity index (χ4v) is 2.61. The number of carbonyl (C=O) groups excluding carboxylic acids is 1. The number of benzene rings is 1. The van der Waals surface area contributed by atoms with Gasteiger partial charge in [0.1, 0.15) is 11.5 Å². The van der Waals surface area contributed by atoms with Crippen LogP contribution in [0.5, 0.6) is 0 Å². The van der Waals surface area contributed by atoms with Crippen LogP contribution in [0.2, 0.25) is 0 Å². The van der Waals surface area contributed by atoms with Crippen LogP contribution in [-0.4, -0.2) is 15.4 Å². The third-order valence-corrected chi connectivity index (χ3v) is 4.44. The average molecular weight is 288 g/mol. The van der Waals surface area contributed by atoms with E-state index >= 15 is 0 Å². The van der Waals surface area contributed by atoms with Gasteiger partial charge in [-0.1, -0.05) is 62.5 Å². The van der Waals surface area contributed by atoms with Crippen molar-refractivity contribution in [2.45, 2.75) is 34.1 Å². The first-order valence-electron chi connectivity index (χ1n) is 6.79. The number of rotatable bonds is 4. The van der Waals surface area contributed by atoms with Crippen LogP contribution in [0, 0.1) is 11.3 Å². The maximum Gasteiger partial charge on any atom is 0.141 e. The molecular formula is C16H20N2OS. The Morgan fingerprint density at radius 3 is 2.50 bits per heavy atom. The second-order valence-electron chi connectivity index (χ2n) is 6.14. The highest BCUT2D eigenvalue weighted by Crippen LogP contribution is 2.30. The van der Waals surface area contributed by atoms with Gasteiger partial charge in [-0.15, -0.1) is 5.10 Å². The first-order valence-corrected chi connectivity index (χ1v) is 7.56. The maximum absolute atomic E-state index is 12.4. The van der Waals surface area contributed by atoms with Crippen LogP contribution in [0.4, 0.5) is 0 Å². The minimum atomic E-state index is -0.0118. The summed E-state index contributed by atoms with van der Waals surface area (Å²) in [5.41, 5.74) is 1.85. The van der Waals surface area contributed by atoms with Crippen molar-refractivity contribution < 1.29 is 4.79 Å². The van der Waals surface area contributed by atoms with Gasteiger partial charge >= 0.3 is 0 Å². The van der Waals surface area contributed by atoms with Crippen LogP contribution in [0.15, 0.2) is 30.3 Å². The van der Waals surface area contributed by atoms with E-state index in [1.165, 1.54) is 11.5 Å². The average Bonchev–Trinajstić information content (AvgIpc) is 2.86. The highest BCUT2D eigenvalue weighted by atomic mass is 32.1. The molecule has 20 heavy (non-hydrogen) atoms. The summed E-state index contributed by atoms with van der Waals surface area (Å²) in [6.07, 6.45) is 0.417. The molecule has 0 saturated carbocycles. The summed E-state index contributed by atoms with van der Waals surface area (Å²) in [5, 5.41) is 4.18. The normalized spacial score (nSPS) is 13.2. The molecule has 0 radical (unpaired) electrons. The Morgan fingerprint density at radius 2 is 1.90 bits per heavy atom. The quantitative estimate of drug-likeness (QED) is 0.854. The van der Waals surface area contributed by atoms with Gasteiger partial charge in [-0.3, -0.25) is 4.79 Å². The number of ketones is 1. The van der Waals surface area contributed by atoms with Crippen molar-refractivity contribution in [2.75, 3.05) is 0 Å². The van der Waals surface area contributed by atoms with Gasteiger partial charge in [0.05, 0.1) is 4.88 Å². The van der Waals surface area contributed by atoms with E-state index in [1.807, 2.05) is 37.3 Å². The number of hydrogen-bond donors (Lipinski definition) is 0. The topological polar surface area (TPSA) is 42.9 Å². The van der Waals surface area contributed by atoms with E-state index in [0.29, 0.717) is 6.42 Å². The van der Waals surface area contributed by atoms with E-state index in [2.05, 4.69) is 30.4 Å². The molecule has 0 N–H and O–H groups in total. The molecule has 0 aliphatic carbocycles. The first-order chi connectivity index (χ1) is 9.39. The summed E-state index contributed by atoms with van der Waals surface area (Å²) < 4.78 is 4.01. The predicted octanol–water partition coefficient (Wildman–Crippen LogP) is 4.00. The largest absolute Gasteiger partial charge is 0.299 e. The SMILES string of the molecule is C[C@H](C(=O)Cc1snnc1-c1ccccc1)C(C)(C)C. The molecule has 0 aliphatic heterocycles. The van der Waals surface area contributed by atoms with Gasteiger partial charge in [0.25, 0.3) is 0 Å².